The van der Waals surface area contributed by atoms with E-state index in [4.69, 9.17) is 9.84 Å². The molecule has 0 radical (unpaired) electrons. The molecule has 0 spiro atoms. The monoisotopic (exact) mass is 525 g/mol. The third-order valence-electron chi connectivity index (χ3n) is 7.14. The van der Waals surface area contributed by atoms with Gasteiger partial charge in [-0.1, -0.05) is 55.0 Å². The Hall–Kier alpha value is -2.70. The lowest BCUT2D eigenvalue weighted by atomic mass is 9.83. The number of hydrogen-bond donors (Lipinski definition) is 3. The van der Waals surface area contributed by atoms with Crippen molar-refractivity contribution in [2.24, 2.45) is 11.8 Å². The fraction of sp³-hybridized carbons (Fsp3) is 0.562. The molecule has 6 heteroatoms. The van der Waals surface area contributed by atoms with Gasteiger partial charge in [0.25, 0.3) is 0 Å². The molecule has 1 aliphatic carbocycles. The van der Waals surface area contributed by atoms with E-state index in [-0.39, 0.29) is 24.2 Å². The van der Waals surface area contributed by atoms with Gasteiger partial charge < -0.3 is 20.3 Å². The number of ether oxygens (including phenoxy) is 1. The van der Waals surface area contributed by atoms with Crippen LogP contribution in [0.15, 0.2) is 66.3 Å². The predicted molar refractivity (Wildman–Crippen MR) is 153 cm³/mol. The minimum atomic E-state index is -0.879. The van der Waals surface area contributed by atoms with Crippen LogP contribution in [-0.4, -0.2) is 46.4 Å². The maximum absolute atomic E-state index is 11.8. The van der Waals surface area contributed by atoms with Gasteiger partial charge in [-0.2, -0.15) is 0 Å². The summed E-state index contributed by atoms with van der Waals surface area (Å²) in [6.07, 6.45) is 18.6. The zero-order chi connectivity index (χ0) is 28.0. The lowest BCUT2D eigenvalue weighted by molar-refractivity contribution is -0.117. The molecule has 0 aromatic heterocycles. The predicted octanol–water partition coefficient (Wildman–Crippen LogP) is 6.47. The average Bonchev–Trinajstić information content (AvgIpc) is 2.90. The SMILES string of the molecule is CC/C=C\C(=O)NC1CCC(C/C=C(C)/C=C/[C@@H]2CC(CO)CC(C)(C)O2)CC1.O=C(O)c1ccccc1. The number of aliphatic hydroxyl groups excluding tert-OH is 1. The van der Waals surface area contributed by atoms with Crippen LogP contribution in [0.25, 0.3) is 0 Å². The average molecular weight is 526 g/mol. The van der Waals surface area contributed by atoms with Crippen molar-refractivity contribution in [2.45, 2.75) is 96.8 Å². The summed E-state index contributed by atoms with van der Waals surface area (Å²) in [7, 11) is 0. The van der Waals surface area contributed by atoms with E-state index < -0.39 is 5.97 Å². The summed E-state index contributed by atoms with van der Waals surface area (Å²) >= 11 is 0. The van der Waals surface area contributed by atoms with E-state index in [1.807, 2.05) is 13.0 Å². The normalized spacial score (nSPS) is 25.6. The first-order chi connectivity index (χ1) is 18.1. The van der Waals surface area contributed by atoms with Crippen LogP contribution in [0.4, 0.5) is 0 Å². The molecule has 2 fully saturated rings. The van der Waals surface area contributed by atoms with Crippen LogP contribution >= 0.6 is 0 Å². The Morgan fingerprint density at radius 1 is 1.08 bits per heavy atom. The number of aliphatic hydroxyl groups is 1. The molecular weight excluding hydrogens is 478 g/mol. The first-order valence-electron chi connectivity index (χ1n) is 14.0. The van der Waals surface area contributed by atoms with Gasteiger partial charge >= 0.3 is 5.97 Å². The molecular formula is C32H47NO5. The summed E-state index contributed by atoms with van der Waals surface area (Å²) in [5.41, 5.74) is 1.44. The zero-order valence-electron chi connectivity index (χ0n) is 23.6. The Morgan fingerprint density at radius 3 is 2.34 bits per heavy atom. The fourth-order valence-electron chi connectivity index (χ4n) is 5.15. The smallest absolute Gasteiger partial charge is 0.335 e. The maximum Gasteiger partial charge on any atom is 0.335 e. The van der Waals surface area contributed by atoms with Gasteiger partial charge in [-0.3, -0.25) is 4.79 Å². The lowest BCUT2D eigenvalue weighted by Gasteiger charge is -2.39. The van der Waals surface area contributed by atoms with Gasteiger partial charge in [-0.15, -0.1) is 0 Å². The topological polar surface area (TPSA) is 95.9 Å². The molecule has 2 aliphatic rings. The second-order valence-corrected chi connectivity index (χ2v) is 11.2. The standard InChI is InChI=1S/C25H41NO3.C7H6O2/c1-5-6-7-24(28)26-22-13-11-20(12-14-22)10-8-19(2)9-15-23-16-21(18-27)17-25(3,4)29-23;8-7(9)6-4-2-1-3-5-6/h6-9,15,20-23,27H,5,10-14,16-18H2,1-4H3,(H,26,28);1-5H,(H,8,9)/b7-6-,15-9+,19-8+;/t20?,21?,22?,23-;/m1./s1. The van der Waals surface area contributed by atoms with Gasteiger partial charge in [0.05, 0.1) is 17.3 Å². The largest absolute Gasteiger partial charge is 0.478 e. The fourth-order valence-corrected chi connectivity index (χ4v) is 5.15. The van der Waals surface area contributed by atoms with E-state index in [0.29, 0.717) is 23.4 Å². The quantitative estimate of drug-likeness (QED) is 0.254. The molecule has 1 aromatic carbocycles. The van der Waals surface area contributed by atoms with Gasteiger partial charge in [-0.25, -0.2) is 4.79 Å². The number of hydrogen-bond acceptors (Lipinski definition) is 4. The van der Waals surface area contributed by atoms with E-state index >= 15 is 0 Å². The zero-order valence-corrected chi connectivity index (χ0v) is 23.6. The number of rotatable bonds is 9. The summed E-state index contributed by atoms with van der Waals surface area (Å²) in [5.74, 6) is 0.204. The number of carbonyl (C=O) groups is 2. The molecule has 1 aliphatic heterocycles. The molecule has 3 rings (SSSR count). The minimum absolute atomic E-state index is 0.0488. The summed E-state index contributed by atoms with van der Waals surface area (Å²) in [4.78, 5) is 22.0. The van der Waals surface area contributed by atoms with Crippen molar-refractivity contribution in [3.05, 3.63) is 71.8 Å². The Labute approximate surface area is 228 Å². The number of nitrogens with one attached hydrogen (secondary N) is 1. The van der Waals surface area contributed by atoms with Crippen molar-refractivity contribution in [1.82, 2.24) is 5.32 Å². The molecule has 2 atom stereocenters. The van der Waals surface area contributed by atoms with E-state index in [1.165, 1.54) is 18.4 Å². The molecule has 1 heterocycles. The number of carboxylic acids is 1. The molecule has 1 aromatic rings. The third kappa shape index (κ3) is 12.2. The first kappa shape index (κ1) is 31.5. The molecule has 1 unspecified atom stereocenters. The molecule has 0 bridgehead atoms. The third-order valence-corrected chi connectivity index (χ3v) is 7.14. The van der Waals surface area contributed by atoms with E-state index in [1.54, 1.807) is 36.4 Å². The number of benzene rings is 1. The minimum Gasteiger partial charge on any atom is -0.478 e. The van der Waals surface area contributed by atoms with Crippen molar-refractivity contribution >= 4 is 11.9 Å². The van der Waals surface area contributed by atoms with Crippen LogP contribution in [0.2, 0.25) is 0 Å². The highest BCUT2D eigenvalue weighted by Gasteiger charge is 2.33. The molecule has 1 amide bonds. The van der Waals surface area contributed by atoms with Gasteiger partial charge in [0, 0.05) is 12.6 Å². The van der Waals surface area contributed by atoms with E-state index in [9.17, 15) is 14.7 Å². The molecule has 6 nitrogen and oxygen atoms in total. The summed E-state index contributed by atoms with van der Waals surface area (Å²) in [5, 5.41) is 21.0. The highest BCUT2D eigenvalue weighted by molar-refractivity contribution is 5.87. The van der Waals surface area contributed by atoms with Crippen molar-refractivity contribution in [3.63, 3.8) is 0 Å². The van der Waals surface area contributed by atoms with Crippen LogP contribution in [0.1, 0.15) is 89.4 Å². The highest BCUT2D eigenvalue weighted by Crippen LogP contribution is 2.33. The molecule has 38 heavy (non-hydrogen) atoms. The van der Waals surface area contributed by atoms with Crippen LogP contribution in [0.5, 0.6) is 0 Å². The van der Waals surface area contributed by atoms with Crippen LogP contribution in [-0.2, 0) is 9.53 Å². The molecule has 210 valence electrons. The number of carbonyl (C=O) groups excluding carboxylic acids is 1. The van der Waals surface area contributed by atoms with Gasteiger partial charge in [0.15, 0.2) is 0 Å². The van der Waals surface area contributed by atoms with Crippen LogP contribution in [0, 0.1) is 11.8 Å². The number of carboxylic acid groups (broad SMARTS) is 1. The number of aromatic carboxylic acids is 1. The summed E-state index contributed by atoms with van der Waals surface area (Å²) < 4.78 is 6.15. The maximum atomic E-state index is 11.8. The molecule has 1 saturated carbocycles. The Morgan fingerprint density at radius 2 is 1.76 bits per heavy atom. The van der Waals surface area contributed by atoms with Crippen molar-refractivity contribution in [1.29, 1.82) is 0 Å². The van der Waals surface area contributed by atoms with Gasteiger partial charge in [-0.05, 0) is 102 Å². The Bertz CT molecular complexity index is 942. The Kier molecular flexibility index (Phi) is 13.5. The van der Waals surface area contributed by atoms with Crippen molar-refractivity contribution < 1.29 is 24.5 Å². The van der Waals surface area contributed by atoms with Crippen LogP contribution < -0.4 is 5.32 Å². The molecule has 3 N–H and O–H groups in total. The van der Waals surface area contributed by atoms with Crippen molar-refractivity contribution in [3.8, 4) is 0 Å². The first-order valence-corrected chi connectivity index (χ1v) is 14.0. The number of amides is 1. The van der Waals surface area contributed by atoms with Crippen molar-refractivity contribution in [2.75, 3.05) is 6.61 Å². The second-order valence-electron chi connectivity index (χ2n) is 11.2. The van der Waals surface area contributed by atoms with E-state index in [2.05, 4.69) is 44.3 Å². The summed E-state index contributed by atoms with van der Waals surface area (Å²) in [6, 6.07) is 8.63. The van der Waals surface area contributed by atoms with Crippen LogP contribution in [0.3, 0.4) is 0 Å². The summed E-state index contributed by atoms with van der Waals surface area (Å²) in [6.45, 7) is 8.65. The van der Waals surface area contributed by atoms with E-state index in [0.717, 1.165) is 38.5 Å². The lowest BCUT2D eigenvalue weighted by Crippen LogP contribution is -2.39. The second kappa shape index (κ2) is 16.3. The van der Waals surface area contributed by atoms with Gasteiger partial charge in [0.2, 0.25) is 5.91 Å². The number of allylic oxidation sites excluding steroid dienone is 4. The Balaban J connectivity index is 0.000000474. The van der Waals surface area contributed by atoms with Gasteiger partial charge in [0.1, 0.15) is 0 Å². The highest BCUT2D eigenvalue weighted by atomic mass is 16.5. The molecule has 1 saturated heterocycles.